The van der Waals surface area contributed by atoms with Gasteiger partial charge in [0, 0.05) is 18.7 Å². The standard InChI is InChI=1S/C18H26F3N3O2/c1-10(2)5-15(25)24-16(11(3)4)17(26)23-14-7-12(9-22)6-13(8-14)18(19,20)21/h6-8,10-11,16H,5,9,22H2,1-4H3,(H,23,26)(H,24,25). The summed E-state index contributed by atoms with van der Waals surface area (Å²) >= 11 is 0. The van der Waals surface area contributed by atoms with Crippen molar-refractivity contribution >= 4 is 17.5 Å². The molecule has 0 aliphatic rings. The zero-order valence-electron chi connectivity index (χ0n) is 15.4. The van der Waals surface area contributed by atoms with Crippen molar-refractivity contribution in [3.8, 4) is 0 Å². The van der Waals surface area contributed by atoms with Crippen LogP contribution in [-0.2, 0) is 22.3 Å². The Morgan fingerprint density at radius 1 is 1.12 bits per heavy atom. The number of alkyl halides is 3. The largest absolute Gasteiger partial charge is 0.416 e. The summed E-state index contributed by atoms with van der Waals surface area (Å²) in [6, 6.07) is 2.34. The quantitative estimate of drug-likeness (QED) is 0.686. The molecule has 0 aliphatic carbocycles. The van der Waals surface area contributed by atoms with E-state index >= 15 is 0 Å². The third-order valence-electron chi connectivity index (χ3n) is 3.68. The lowest BCUT2D eigenvalue weighted by Gasteiger charge is -2.22. The van der Waals surface area contributed by atoms with Crippen molar-refractivity contribution in [3.05, 3.63) is 29.3 Å². The van der Waals surface area contributed by atoms with Crippen LogP contribution in [0.1, 0.15) is 45.2 Å². The van der Waals surface area contributed by atoms with Crippen molar-refractivity contribution in [1.82, 2.24) is 5.32 Å². The fourth-order valence-corrected chi connectivity index (χ4v) is 2.40. The number of anilines is 1. The molecule has 0 bridgehead atoms. The number of halogens is 3. The summed E-state index contributed by atoms with van der Waals surface area (Å²) < 4.78 is 39.0. The Morgan fingerprint density at radius 3 is 2.19 bits per heavy atom. The number of amides is 2. The van der Waals surface area contributed by atoms with Gasteiger partial charge in [0.25, 0.3) is 0 Å². The Balaban J connectivity index is 3.00. The highest BCUT2D eigenvalue weighted by Crippen LogP contribution is 2.32. The van der Waals surface area contributed by atoms with Gasteiger partial charge in [0.05, 0.1) is 5.56 Å². The van der Waals surface area contributed by atoms with Crippen LogP contribution in [0.25, 0.3) is 0 Å². The molecule has 0 spiro atoms. The van der Waals surface area contributed by atoms with Crippen LogP contribution >= 0.6 is 0 Å². The number of nitrogens with one attached hydrogen (secondary N) is 2. The van der Waals surface area contributed by atoms with Crippen LogP contribution in [0.15, 0.2) is 18.2 Å². The van der Waals surface area contributed by atoms with E-state index in [2.05, 4.69) is 10.6 Å². The monoisotopic (exact) mass is 373 g/mol. The summed E-state index contributed by atoms with van der Waals surface area (Å²) in [6.07, 6.45) is -4.29. The average molecular weight is 373 g/mol. The Hall–Kier alpha value is -2.09. The second kappa shape index (κ2) is 9.02. The van der Waals surface area contributed by atoms with Crippen molar-refractivity contribution in [3.63, 3.8) is 0 Å². The number of benzene rings is 1. The van der Waals surface area contributed by atoms with Gasteiger partial charge in [-0.3, -0.25) is 9.59 Å². The molecule has 0 saturated carbocycles. The molecule has 0 heterocycles. The normalized spacial score (nSPS) is 13.0. The Bertz CT molecular complexity index is 643. The van der Waals surface area contributed by atoms with Crippen LogP contribution in [0, 0.1) is 11.8 Å². The number of nitrogens with two attached hydrogens (primary N) is 1. The number of carbonyl (C=O) groups excluding carboxylic acids is 2. The highest BCUT2D eigenvalue weighted by Gasteiger charge is 2.32. The average Bonchev–Trinajstić information content (AvgIpc) is 2.50. The van der Waals surface area contributed by atoms with Crippen LogP contribution in [0.2, 0.25) is 0 Å². The van der Waals surface area contributed by atoms with Gasteiger partial charge in [-0.2, -0.15) is 13.2 Å². The van der Waals surface area contributed by atoms with Crippen LogP contribution in [-0.4, -0.2) is 17.9 Å². The van der Waals surface area contributed by atoms with Crippen molar-refractivity contribution in [2.75, 3.05) is 5.32 Å². The molecule has 26 heavy (non-hydrogen) atoms. The van der Waals surface area contributed by atoms with E-state index in [0.717, 1.165) is 12.1 Å². The third kappa shape index (κ3) is 6.67. The molecule has 8 heteroatoms. The second-order valence-corrected chi connectivity index (χ2v) is 7.00. The summed E-state index contributed by atoms with van der Waals surface area (Å²) in [4.78, 5) is 24.5. The zero-order chi connectivity index (χ0) is 20.1. The minimum atomic E-state index is -4.55. The minimum Gasteiger partial charge on any atom is -0.344 e. The first-order valence-electron chi connectivity index (χ1n) is 8.45. The van der Waals surface area contributed by atoms with Gasteiger partial charge >= 0.3 is 6.18 Å². The van der Waals surface area contributed by atoms with E-state index in [-0.39, 0.29) is 42.0 Å². The fraction of sp³-hybridized carbons (Fsp3) is 0.556. The van der Waals surface area contributed by atoms with Crippen LogP contribution in [0.5, 0.6) is 0 Å². The molecule has 4 N–H and O–H groups in total. The summed E-state index contributed by atoms with van der Waals surface area (Å²) in [6.45, 7) is 7.16. The summed E-state index contributed by atoms with van der Waals surface area (Å²) in [5.74, 6) is -0.952. The van der Waals surface area contributed by atoms with E-state index in [9.17, 15) is 22.8 Å². The molecular formula is C18H26F3N3O2. The van der Waals surface area contributed by atoms with Crippen LogP contribution < -0.4 is 16.4 Å². The number of carbonyl (C=O) groups is 2. The fourth-order valence-electron chi connectivity index (χ4n) is 2.40. The van der Waals surface area contributed by atoms with Gasteiger partial charge in [0.15, 0.2) is 0 Å². The van der Waals surface area contributed by atoms with Gasteiger partial charge in [0.2, 0.25) is 11.8 Å². The van der Waals surface area contributed by atoms with E-state index in [1.165, 1.54) is 6.07 Å². The minimum absolute atomic E-state index is 0.00552. The Labute approximate surface area is 151 Å². The molecule has 1 aromatic rings. The van der Waals surface area contributed by atoms with Gasteiger partial charge in [-0.15, -0.1) is 0 Å². The first-order valence-corrected chi connectivity index (χ1v) is 8.45. The molecule has 0 aromatic heterocycles. The van der Waals surface area contributed by atoms with Crippen molar-refractivity contribution in [2.45, 2.75) is 52.9 Å². The molecule has 0 fully saturated rings. The Kier molecular flexibility index (Phi) is 7.62. The predicted molar refractivity (Wildman–Crippen MR) is 94.2 cm³/mol. The third-order valence-corrected chi connectivity index (χ3v) is 3.68. The number of hydrogen-bond donors (Lipinski definition) is 3. The molecule has 0 aliphatic heterocycles. The first kappa shape index (κ1) is 22.0. The van der Waals surface area contributed by atoms with Gasteiger partial charge in [-0.25, -0.2) is 0 Å². The van der Waals surface area contributed by atoms with Crippen LogP contribution in [0.4, 0.5) is 18.9 Å². The van der Waals surface area contributed by atoms with Gasteiger partial charge in [-0.1, -0.05) is 27.7 Å². The lowest BCUT2D eigenvalue weighted by Crippen LogP contribution is -2.47. The number of rotatable bonds is 7. The molecule has 146 valence electrons. The topological polar surface area (TPSA) is 84.2 Å². The van der Waals surface area contributed by atoms with Crippen LogP contribution in [0.3, 0.4) is 0 Å². The van der Waals surface area contributed by atoms with E-state index in [1.54, 1.807) is 13.8 Å². The van der Waals surface area contributed by atoms with Gasteiger partial charge < -0.3 is 16.4 Å². The molecule has 5 nitrogen and oxygen atoms in total. The van der Waals surface area contributed by atoms with Gasteiger partial charge in [-0.05, 0) is 35.6 Å². The van der Waals surface area contributed by atoms with Crippen molar-refractivity contribution in [2.24, 2.45) is 17.6 Å². The molecular weight excluding hydrogens is 347 g/mol. The maximum Gasteiger partial charge on any atom is 0.416 e. The highest BCUT2D eigenvalue weighted by molar-refractivity contribution is 5.97. The predicted octanol–water partition coefficient (Wildman–Crippen LogP) is 3.29. The summed E-state index contributed by atoms with van der Waals surface area (Å²) in [5, 5.41) is 5.10. The Morgan fingerprint density at radius 2 is 1.73 bits per heavy atom. The molecule has 1 aromatic carbocycles. The molecule has 1 rings (SSSR count). The lowest BCUT2D eigenvalue weighted by atomic mass is 10.0. The molecule has 1 atom stereocenters. The van der Waals surface area contributed by atoms with E-state index < -0.39 is 23.7 Å². The van der Waals surface area contributed by atoms with E-state index in [1.807, 2.05) is 13.8 Å². The first-order chi connectivity index (χ1) is 11.9. The van der Waals surface area contributed by atoms with Crippen molar-refractivity contribution in [1.29, 1.82) is 0 Å². The number of hydrogen-bond acceptors (Lipinski definition) is 3. The van der Waals surface area contributed by atoms with E-state index in [0.29, 0.717) is 0 Å². The highest BCUT2D eigenvalue weighted by atomic mass is 19.4. The molecule has 0 radical (unpaired) electrons. The second-order valence-electron chi connectivity index (χ2n) is 7.00. The lowest BCUT2D eigenvalue weighted by molar-refractivity contribution is -0.137. The molecule has 2 amide bonds. The van der Waals surface area contributed by atoms with E-state index in [4.69, 9.17) is 5.73 Å². The smallest absolute Gasteiger partial charge is 0.344 e. The zero-order valence-corrected chi connectivity index (χ0v) is 15.4. The summed E-state index contributed by atoms with van der Waals surface area (Å²) in [7, 11) is 0. The van der Waals surface area contributed by atoms with Crippen molar-refractivity contribution < 1.29 is 22.8 Å². The molecule has 0 saturated heterocycles. The maximum absolute atomic E-state index is 13.0. The summed E-state index contributed by atoms with van der Waals surface area (Å²) in [5.41, 5.74) is 4.80. The van der Waals surface area contributed by atoms with Gasteiger partial charge in [0.1, 0.15) is 6.04 Å². The SMILES string of the molecule is CC(C)CC(=O)NC(C(=O)Nc1cc(CN)cc(C(F)(F)F)c1)C(C)C. The maximum atomic E-state index is 13.0. The molecule has 1 unspecified atom stereocenters.